The summed E-state index contributed by atoms with van der Waals surface area (Å²) in [4.78, 5) is 4.81. The molecule has 3 aromatic heterocycles. The van der Waals surface area contributed by atoms with Crippen molar-refractivity contribution < 1.29 is 30.4 Å². The number of rotatable bonds is 8. The zero-order valence-corrected chi connectivity index (χ0v) is 38.3. The number of benzene rings is 6. The van der Waals surface area contributed by atoms with Gasteiger partial charge in [-0.3, -0.25) is 4.57 Å². The van der Waals surface area contributed by atoms with E-state index in [-0.39, 0.29) is 31.9 Å². The Kier molecular flexibility index (Phi) is 11.2. The van der Waals surface area contributed by atoms with Crippen LogP contribution in [0, 0.1) is 18.5 Å². The van der Waals surface area contributed by atoms with Crippen LogP contribution in [0.2, 0.25) is 0 Å². The molecule has 0 aliphatic heterocycles. The predicted molar refractivity (Wildman–Crippen MR) is 245 cm³/mol. The summed E-state index contributed by atoms with van der Waals surface area (Å²) in [7, 11) is 0. The molecule has 0 N–H and O–H groups in total. The first-order valence-electron chi connectivity index (χ1n) is 20.8. The van der Waals surface area contributed by atoms with E-state index >= 15 is 0 Å². The molecule has 0 saturated carbocycles. The fourth-order valence-electron chi connectivity index (χ4n) is 7.95. The maximum absolute atomic E-state index is 6.54. The van der Waals surface area contributed by atoms with Crippen molar-refractivity contribution in [2.24, 2.45) is 0 Å². The van der Waals surface area contributed by atoms with Gasteiger partial charge in [-0.2, -0.15) is 18.2 Å². The average Bonchev–Trinajstić information content (AvgIpc) is 3.86. The quantitative estimate of drug-likeness (QED) is 0.112. The Morgan fingerprint density at radius 1 is 0.639 bits per heavy atom. The molecular formula is C55H50N4OPt-2. The number of ether oxygens (including phenoxy) is 1. The number of hydrogen-bond donors (Lipinski definition) is 0. The fourth-order valence-corrected chi connectivity index (χ4v) is 7.95. The van der Waals surface area contributed by atoms with Crippen LogP contribution < -0.4 is 9.30 Å². The molecule has 0 bridgehead atoms. The SMILES string of the molecule is CC(C)c1ccnc(-n2c3[c-]c(Oc4[c-]c(-n5[c-][n+](-c6c(-c7ccccc7)cccc6-c6cc(C(C)(C)C)cc(C(C)(C)C)c6)cc5)ccc4)ccc3c3ccccc32)c1.[Pt]. The molecule has 5 nitrogen and oxygen atoms in total. The van der Waals surface area contributed by atoms with Gasteiger partial charge in [-0.25, -0.2) is 4.98 Å². The number of aromatic nitrogens is 4. The molecule has 0 amide bonds. The van der Waals surface area contributed by atoms with E-state index in [9.17, 15) is 0 Å². The van der Waals surface area contributed by atoms with E-state index in [1.807, 2.05) is 41.2 Å². The van der Waals surface area contributed by atoms with Crippen LogP contribution in [0.15, 0.2) is 152 Å². The van der Waals surface area contributed by atoms with Gasteiger partial charge in [0.25, 0.3) is 6.33 Å². The first-order chi connectivity index (χ1) is 28.8. The predicted octanol–water partition coefficient (Wildman–Crippen LogP) is 13.5. The van der Waals surface area contributed by atoms with Gasteiger partial charge in [-0.1, -0.05) is 146 Å². The molecule has 3 heterocycles. The Morgan fingerprint density at radius 3 is 2.03 bits per heavy atom. The zero-order valence-electron chi connectivity index (χ0n) is 36.0. The Morgan fingerprint density at radius 2 is 1.31 bits per heavy atom. The summed E-state index contributed by atoms with van der Waals surface area (Å²) in [5.41, 5.74) is 12.3. The van der Waals surface area contributed by atoms with Crippen molar-refractivity contribution in [3.8, 4) is 50.9 Å². The largest absolute Gasteiger partial charge is 0.510 e. The summed E-state index contributed by atoms with van der Waals surface area (Å²) >= 11 is 0. The molecule has 0 saturated heterocycles. The molecule has 0 aliphatic carbocycles. The molecule has 0 aliphatic rings. The van der Waals surface area contributed by atoms with Crippen LogP contribution in [-0.2, 0) is 31.9 Å². The van der Waals surface area contributed by atoms with Crippen LogP contribution in [-0.4, -0.2) is 14.1 Å². The Hall–Kier alpha value is -6.03. The van der Waals surface area contributed by atoms with Gasteiger partial charge in [0.15, 0.2) is 0 Å². The second-order valence-electron chi connectivity index (χ2n) is 18.0. The minimum absolute atomic E-state index is 0. The minimum atomic E-state index is -0.0166. The van der Waals surface area contributed by atoms with E-state index in [1.54, 1.807) is 0 Å². The number of para-hydroxylation sites is 2. The Labute approximate surface area is 374 Å². The number of imidazole rings is 1. The average molecular weight is 978 g/mol. The van der Waals surface area contributed by atoms with E-state index in [2.05, 4.69) is 198 Å². The summed E-state index contributed by atoms with van der Waals surface area (Å²) in [6, 6.07) is 54.2. The van der Waals surface area contributed by atoms with E-state index in [0.29, 0.717) is 17.4 Å². The Bertz CT molecular complexity index is 2980. The third kappa shape index (κ3) is 8.24. The molecule has 308 valence electrons. The number of pyridine rings is 1. The van der Waals surface area contributed by atoms with Crippen molar-refractivity contribution in [3.05, 3.63) is 187 Å². The van der Waals surface area contributed by atoms with E-state index in [1.165, 1.54) is 22.3 Å². The van der Waals surface area contributed by atoms with Crippen LogP contribution in [0.3, 0.4) is 0 Å². The van der Waals surface area contributed by atoms with Gasteiger partial charge in [0.05, 0.1) is 5.69 Å². The smallest absolute Gasteiger partial charge is 0.267 e. The standard InChI is InChI=1S/C55H50N4O.Pt/c1-37(2)39-26-27-56-52(32-39)59-50-23-13-12-20-48(50)49-25-24-45(35-51(49)59)60-44-19-14-18-43(34-44)57-28-29-58(36-57)53-46(38-16-10-9-11-17-38)21-15-22-47(53)40-30-41(54(3,4)5)33-42(31-40)55(6,7)8;/h9-33,37H,1-8H3;/q-2;. The van der Waals surface area contributed by atoms with Crippen LogP contribution in [0.1, 0.15) is 78.0 Å². The molecule has 0 fully saturated rings. The Balaban J connectivity index is 0.00000514. The van der Waals surface area contributed by atoms with E-state index in [0.717, 1.165) is 55.7 Å². The van der Waals surface area contributed by atoms with E-state index in [4.69, 9.17) is 9.72 Å². The molecule has 0 unspecified atom stereocenters. The van der Waals surface area contributed by atoms with Gasteiger partial charge in [0.1, 0.15) is 5.82 Å². The maximum Gasteiger partial charge on any atom is 0.267 e. The molecule has 9 aromatic rings. The molecule has 0 atom stereocenters. The summed E-state index contributed by atoms with van der Waals surface area (Å²) in [6.07, 6.45) is 9.65. The van der Waals surface area contributed by atoms with Crippen molar-refractivity contribution in [1.82, 2.24) is 14.1 Å². The van der Waals surface area contributed by atoms with Crippen molar-refractivity contribution in [2.75, 3.05) is 0 Å². The van der Waals surface area contributed by atoms with E-state index < -0.39 is 0 Å². The summed E-state index contributed by atoms with van der Waals surface area (Å²) < 4.78 is 12.8. The van der Waals surface area contributed by atoms with Gasteiger partial charge in [-0.15, -0.1) is 29.7 Å². The first kappa shape index (κ1) is 41.7. The number of hydrogen-bond acceptors (Lipinski definition) is 2. The van der Waals surface area contributed by atoms with Crippen molar-refractivity contribution in [3.63, 3.8) is 0 Å². The molecule has 6 heteroatoms. The van der Waals surface area contributed by atoms with Gasteiger partial charge in [-0.05, 0) is 85.0 Å². The first-order valence-corrected chi connectivity index (χ1v) is 20.8. The summed E-state index contributed by atoms with van der Waals surface area (Å²) in [6.45, 7) is 18.1. The van der Waals surface area contributed by atoms with Gasteiger partial charge < -0.3 is 13.9 Å². The van der Waals surface area contributed by atoms with Crippen LogP contribution in [0.25, 0.3) is 61.3 Å². The fraction of sp³-hybridized carbons (Fsp3) is 0.200. The van der Waals surface area contributed by atoms with Crippen molar-refractivity contribution in [2.45, 2.75) is 72.1 Å². The van der Waals surface area contributed by atoms with Gasteiger partial charge >= 0.3 is 0 Å². The maximum atomic E-state index is 6.54. The molecule has 9 rings (SSSR count). The third-order valence-electron chi connectivity index (χ3n) is 11.4. The number of fused-ring (bicyclic) bond motifs is 3. The molecule has 61 heavy (non-hydrogen) atoms. The van der Waals surface area contributed by atoms with Crippen molar-refractivity contribution in [1.29, 1.82) is 0 Å². The molecule has 6 aromatic carbocycles. The second-order valence-corrected chi connectivity index (χ2v) is 18.0. The topological polar surface area (TPSA) is 35.9 Å². The third-order valence-corrected chi connectivity index (χ3v) is 11.4. The van der Waals surface area contributed by atoms with Gasteiger partial charge in [0.2, 0.25) is 0 Å². The second kappa shape index (κ2) is 16.4. The van der Waals surface area contributed by atoms with Crippen LogP contribution >= 0.6 is 0 Å². The summed E-state index contributed by atoms with van der Waals surface area (Å²) in [5.74, 6) is 2.42. The minimum Gasteiger partial charge on any atom is -0.510 e. The van der Waals surface area contributed by atoms with Crippen LogP contribution in [0.5, 0.6) is 11.5 Å². The van der Waals surface area contributed by atoms with Gasteiger partial charge in [0, 0.05) is 56.7 Å². The summed E-state index contributed by atoms with van der Waals surface area (Å²) in [5, 5.41) is 2.24. The molecule has 0 spiro atoms. The normalized spacial score (nSPS) is 12.0. The number of nitrogens with zero attached hydrogens (tertiary/aromatic N) is 4. The molecule has 0 radical (unpaired) electrons. The molecular weight excluding hydrogens is 928 g/mol. The van der Waals surface area contributed by atoms with Crippen molar-refractivity contribution >= 4 is 21.8 Å². The monoisotopic (exact) mass is 977 g/mol. The van der Waals surface area contributed by atoms with Crippen LogP contribution in [0.4, 0.5) is 0 Å². The zero-order chi connectivity index (χ0) is 41.8.